The minimum Gasteiger partial charge on any atom is -0.463 e. The topological polar surface area (TPSA) is 63.6 Å². The molecule has 1 aromatic rings. The maximum absolute atomic E-state index is 12.0. The number of ketones is 1. The molecule has 2 atom stereocenters. The summed E-state index contributed by atoms with van der Waals surface area (Å²) in [6.45, 7) is 1.83. The Morgan fingerprint density at radius 2 is 1.90 bits per heavy atom. The number of carbonyl (C=O) groups excluding carboxylic acids is 2. The van der Waals surface area contributed by atoms with Crippen molar-refractivity contribution in [3.63, 3.8) is 0 Å². The summed E-state index contributed by atoms with van der Waals surface area (Å²) in [7, 11) is 0. The minimum absolute atomic E-state index is 0.170. The second-order valence-electron chi connectivity index (χ2n) is 5.26. The predicted molar refractivity (Wildman–Crippen MR) is 74.1 cm³/mol. The maximum atomic E-state index is 12.0. The van der Waals surface area contributed by atoms with E-state index in [1.807, 2.05) is 19.1 Å². The SMILES string of the molecule is CC1CCCC(=O)C(O)c2ccccc2CCC(=O)O1. The first-order valence-corrected chi connectivity index (χ1v) is 7.06. The van der Waals surface area contributed by atoms with Crippen LogP contribution in [0.15, 0.2) is 24.3 Å². The summed E-state index contributed by atoms with van der Waals surface area (Å²) in [4.78, 5) is 23.7. The fourth-order valence-electron chi connectivity index (χ4n) is 2.48. The number of ether oxygens (including phenoxy) is 1. The van der Waals surface area contributed by atoms with Gasteiger partial charge < -0.3 is 9.84 Å². The Hall–Kier alpha value is -1.68. The van der Waals surface area contributed by atoms with Crippen molar-refractivity contribution in [3.8, 4) is 0 Å². The number of esters is 1. The summed E-state index contributed by atoms with van der Waals surface area (Å²) >= 11 is 0. The Morgan fingerprint density at radius 3 is 2.70 bits per heavy atom. The van der Waals surface area contributed by atoms with Crippen molar-refractivity contribution in [2.45, 2.75) is 51.2 Å². The maximum Gasteiger partial charge on any atom is 0.306 e. The molecule has 0 amide bonds. The molecular weight excluding hydrogens is 256 g/mol. The van der Waals surface area contributed by atoms with E-state index in [-0.39, 0.29) is 24.3 Å². The molecule has 0 saturated carbocycles. The lowest BCUT2D eigenvalue weighted by Gasteiger charge is -2.18. The lowest BCUT2D eigenvalue weighted by molar-refractivity contribution is -0.148. The molecular formula is C16H20O4. The van der Waals surface area contributed by atoms with Gasteiger partial charge in [-0.25, -0.2) is 0 Å². The molecule has 1 heterocycles. The van der Waals surface area contributed by atoms with E-state index in [0.29, 0.717) is 31.2 Å². The normalized spacial score (nSPS) is 25.1. The van der Waals surface area contributed by atoms with Gasteiger partial charge in [-0.05, 0) is 37.3 Å². The van der Waals surface area contributed by atoms with E-state index >= 15 is 0 Å². The summed E-state index contributed by atoms with van der Waals surface area (Å²) in [5.41, 5.74) is 1.44. The Kier molecular flexibility index (Phi) is 4.90. The van der Waals surface area contributed by atoms with E-state index in [0.717, 1.165) is 5.56 Å². The molecule has 0 saturated heterocycles. The number of Topliss-reactive ketones (excluding diaryl/α,β-unsaturated/α-hetero) is 1. The van der Waals surface area contributed by atoms with Crippen LogP contribution >= 0.6 is 0 Å². The molecule has 4 nitrogen and oxygen atoms in total. The summed E-state index contributed by atoms with van der Waals surface area (Å²) < 4.78 is 5.29. The van der Waals surface area contributed by atoms with Crippen molar-refractivity contribution >= 4 is 11.8 Å². The van der Waals surface area contributed by atoms with Crippen LogP contribution in [0.4, 0.5) is 0 Å². The monoisotopic (exact) mass is 276 g/mol. The van der Waals surface area contributed by atoms with Gasteiger partial charge in [-0.1, -0.05) is 24.3 Å². The van der Waals surface area contributed by atoms with Crippen molar-refractivity contribution in [2.75, 3.05) is 0 Å². The van der Waals surface area contributed by atoms with Crippen LogP contribution in [-0.4, -0.2) is 23.0 Å². The van der Waals surface area contributed by atoms with Gasteiger partial charge in [0.1, 0.15) is 6.10 Å². The zero-order valence-corrected chi connectivity index (χ0v) is 11.7. The second-order valence-corrected chi connectivity index (χ2v) is 5.26. The van der Waals surface area contributed by atoms with E-state index < -0.39 is 6.10 Å². The van der Waals surface area contributed by atoms with Gasteiger partial charge in [0.2, 0.25) is 0 Å². The van der Waals surface area contributed by atoms with Crippen LogP contribution in [0.2, 0.25) is 0 Å². The van der Waals surface area contributed by atoms with Gasteiger partial charge in [0.15, 0.2) is 5.78 Å². The van der Waals surface area contributed by atoms with Crippen LogP contribution in [0.5, 0.6) is 0 Å². The molecule has 1 aromatic carbocycles. The van der Waals surface area contributed by atoms with Crippen LogP contribution in [-0.2, 0) is 20.7 Å². The lowest BCUT2D eigenvalue weighted by atomic mass is 9.94. The van der Waals surface area contributed by atoms with Crippen molar-refractivity contribution in [1.82, 2.24) is 0 Å². The standard InChI is InChI=1S/C16H20O4/c1-11-5-4-8-14(17)16(19)13-7-3-2-6-12(13)9-10-15(18)20-11/h2-3,6-7,11,16,19H,4-5,8-10H2,1H3. The summed E-state index contributed by atoms with van der Waals surface area (Å²) in [6.07, 6.45) is 1.04. The molecule has 0 spiro atoms. The van der Waals surface area contributed by atoms with Crippen molar-refractivity contribution < 1.29 is 19.4 Å². The van der Waals surface area contributed by atoms with Crippen molar-refractivity contribution in [3.05, 3.63) is 35.4 Å². The molecule has 1 aliphatic heterocycles. The average Bonchev–Trinajstić information content (AvgIpc) is 2.43. The van der Waals surface area contributed by atoms with Gasteiger partial charge in [0.25, 0.3) is 0 Å². The average molecular weight is 276 g/mol. The van der Waals surface area contributed by atoms with E-state index in [2.05, 4.69) is 0 Å². The first kappa shape index (κ1) is 14.7. The number of hydrogen-bond donors (Lipinski definition) is 1. The molecule has 0 radical (unpaired) electrons. The fraction of sp³-hybridized carbons (Fsp3) is 0.500. The smallest absolute Gasteiger partial charge is 0.306 e. The zero-order valence-electron chi connectivity index (χ0n) is 11.7. The summed E-state index contributed by atoms with van der Waals surface area (Å²) in [6, 6.07) is 7.23. The van der Waals surface area contributed by atoms with Gasteiger partial charge >= 0.3 is 5.97 Å². The third-order valence-corrected chi connectivity index (χ3v) is 3.62. The number of fused-ring (bicyclic) bond motifs is 1. The fourth-order valence-corrected chi connectivity index (χ4v) is 2.48. The van der Waals surface area contributed by atoms with Crippen LogP contribution in [0.25, 0.3) is 0 Å². The molecule has 0 bridgehead atoms. The highest BCUT2D eigenvalue weighted by atomic mass is 16.5. The molecule has 2 unspecified atom stereocenters. The number of rotatable bonds is 0. The van der Waals surface area contributed by atoms with E-state index in [4.69, 9.17) is 4.74 Å². The number of aliphatic hydroxyl groups is 1. The van der Waals surface area contributed by atoms with Gasteiger partial charge in [-0.15, -0.1) is 0 Å². The molecule has 0 fully saturated rings. The number of aryl methyl sites for hydroxylation is 1. The number of benzene rings is 1. The number of aliphatic hydroxyl groups excluding tert-OH is 1. The molecule has 0 aliphatic carbocycles. The van der Waals surface area contributed by atoms with Crippen molar-refractivity contribution in [2.24, 2.45) is 0 Å². The first-order valence-electron chi connectivity index (χ1n) is 7.06. The number of hydrogen-bond acceptors (Lipinski definition) is 4. The highest BCUT2D eigenvalue weighted by Gasteiger charge is 2.22. The summed E-state index contributed by atoms with van der Waals surface area (Å²) in [5, 5.41) is 10.2. The van der Waals surface area contributed by atoms with Crippen LogP contribution < -0.4 is 0 Å². The van der Waals surface area contributed by atoms with Gasteiger partial charge in [-0.3, -0.25) is 9.59 Å². The minimum atomic E-state index is -1.09. The largest absolute Gasteiger partial charge is 0.463 e. The van der Waals surface area contributed by atoms with E-state index in [1.165, 1.54) is 0 Å². The predicted octanol–water partition coefficient (Wildman–Crippen LogP) is 2.34. The first-order chi connectivity index (χ1) is 9.58. The zero-order chi connectivity index (χ0) is 14.5. The highest BCUT2D eigenvalue weighted by Crippen LogP contribution is 2.23. The van der Waals surface area contributed by atoms with Gasteiger partial charge in [-0.2, -0.15) is 0 Å². The van der Waals surface area contributed by atoms with E-state index in [9.17, 15) is 14.7 Å². The van der Waals surface area contributed by atoms with Crippen molar-refractivity contribution in [1.29, 1.82) is 0 Å². The second kappa shape index (κ2) is 6.66. The highest BCUT2D eigenvalue weighted by molar-refractivity contribution is 5.84. The Balaban J connectivity index is 2.24. The van der Waals surface area contributed by atoms with Gasteiger partial charge in [0, 0.05) is 12.8 Å². The van der Waals surface area contributed by atoms with Gasteiger partial charge in [0.05, 0.1) is 6.10 Å². The number of cyclic esters (lactones) is 1. The molecule has 108 valence electrons. The molecule has 1 N–H and O–H groups in total. The molecule has 1 aliphatic rings. The molecule has 4 heteroatoms. The Morgan fingerprint density at radius 1 is 1.15 bits per heavy atom. The quantitative estimate of drug-likeness (QED) is 0.739. The van der Waals surface area contributed by atoms with E-state index in [1.54, 1.807) is 12.1 Å². The van der Waals surface area contributed by atoms with Crippen LogP contribution in [0, 0.1) is 0 Å². The van der Waals surface area contributed by atoms with Crippen LogP contribution in [0.1, 0.15) is 49.8 Å². The third-order valence-electron chi connectivity index (χ3n) is 3.62. The Bertz CT molecular complexity index is 495. The lowest BCUT2D eigenvalue weighted by Crippen LogP contribution is -2.19. The van der Waals surface area contributed by atoms with Crippen LogP contribution in [0.3, 0.4) is 0 Å². The summed E-state index contributed by atoms with van der Waals surface area (Å²) in [5.74, 6) is -0.398. The Labute approximate surface area is 118 Å². The number of carbonyl (C=O) groups is 2. The molecule has 0 aromatic heterocycles. The molecule has 2 rings (SSSR count). The third kappa shape index (κ3) is 3.67. The molecule has 20 heavy (non-hydrogen) atoms.